The molecule has 2 rings (SSSR count). The number of rotatable bonds is 2. The maximum atomic E-state index is 12.1. The van der Waals surface area contributed by atoms with Gasteiger partial charge in [-0.3, -0.25) is 24.7 Å². The number of nitrogens with one attached hydrogen (secondary N) is 1. The zero-order chi connectivity index (χ0) is 14.0. The third-order valence-corrected chi connectivity index (χ3v) is 2.90. The van der Waals surface area contributed by atoms with Crippen LogP contribution < -0.4 is 0 Å². The molecule has 1 atom stereocenters. The van der Waals surface area contributed by atoms with Gasteiger partial charge in [-0.1, -0.05) is 18.2 Å². The van der Waals surface area contributed by atoms with Crippen LogP contribution in [0.2, 0.25) is 0 Å². The number of ether oxygens (including phenoxy) is 1. The van der Waals surface area contributed by atoms with Crippen molar-refractivity contribution in [2.45, 2.75) is 0 Å². The lowest BCUT2D eigenvalue weighted by atomic mass is 10.1. The van der Waals surface area contributed by atoms with E-state index in [9.17, 15) is 14.4 Å². The quantitative estimate of drug-likeness (QED) is 0.618. The highest BCUT2D eigenvalue weighted by Crippen LogP contribution is 2.19. The van der Waals surface area contributed by atoms with Crippen LogP contribution in [0, 0.1) is 11.3 Å². The van der Waals surface area contributed by atoms with Crippen LogP contribution in [-0.4, -0.2) is 42.0 Å². The summed E-state index contributed by atoms with van der Waals surface area (Å²) >= 11 is 0. The molecule has 1 heterocycles. The van der Waals surface area contributed by atoms with Crippen LogP contribution >= 0.6 is 0 Å². The van der Waals surface area contributed by atoms with Crippen molar-refractivity contribution in [3.8, 4) is 0 Å². The zero-order valence-electron chi connectivity index (χ0n) is 10.3. The molecule has 0 aromatic heterocycles. The third-order valence-electron chi connectivity index (χ3n) is 2.90. The predicted octanol–water partition coefficient (Wildman–Crippen LogP) is 0.478. The second-order valence-corrected chi connectivity index (χ2v) is 4.07. The first kappa shape index (κ1) is 12.9. The van der Waals surface area contributed by atoms with Crippen LogP contribution in [0.15, 0.2) is 30.3 Å². The monoisotopic (exact) mass is 260 g/mol. The smallest absolute Gasteiger partial charge is 0.324 e. The minimum atomic E-state index is -1.29. The molecule has 1 aromatic carbocycles. The Labute approximate surface area is 109 Å². The van der Waals surface area contributed by atoms with Crippen molar-refractivity contribution in [2.75, 3.05) is 13.7 Å². The highest BCUT2D eigenvalue weighted by molar-refractivity contribution is 6.27. The number of benzene rings is 1. The van der Waals surface area contributed by atoms with Crippen molar-refractivity contribution in [1.82, 2.24) is 4.90 Å². The van der Waals surface area contributed by atoms with Crippen LogP contribution in [0.5, 0.6) is 0 Å². The van der Waals surface area contributed by atoms with E-state index in [1.54, 1.807) is 30.3 Å². The minimum Gasteiger partial charge on any atom is -0.468 e. The number of amides is 1. The van der Waals surface area contributed by atoms with E-state index in [2.05, 4.69) is 4.74 Å². The van der Waals surface area contributed by atoms with Gasteiger partial charge in [0.25, 0.3) is 5.91 Å². The Morgan fingerprint density at radius 1 is 1.32 bits per heavy atom. The first-order chi connectivity index (χ1) is 9.06. The van der Waals surface area contributed by atoms with Crippen molar-refractivity contribution in [3.63, 3.8) is 0 Å². The van der Waals surface area contributed by atoms with E-state index < -0.39 is 23.6 Å². The van der Waals surface area contributed by atoms with E-state index in [1.807, 2.05) is 0 Å². The molecule has 19 heavy (non-hydrogen) atoms. The Morgan fingerprint density at radius 2 is 1.95 bits per heavy atom. The minimum absolute atomic E-state index is 0.272. The van der Waals surface area contributed by atoms with Gasteiger partial charge in [0.05, 0.1) is 13.7 Å². The fourth-order valence-electron chi connectivity index (χ4n) is 1.92. The molecule has 0 radical (unpaired) electrons. The summed E-state index contributed by atoms with van der Waals surface area (Å²) in [5.41, 5.74) is 0.366. The number of hydrogen-bond acceptors (Lipinski definition) is 5. The van der Waals surface area contributed by atoms with Crippen molar-refractivity contribution >= 4 is 23.5 Å². The zero-order valence-corrected chi connectivity index (χ0v) is 10.3. The maximum Gasteiger partial charge on any atom is 0.324 e. The van der Waals surface area contributed by atoms with Crippen LogP contribution in [0.25, 0.3) is 0 Å². The molecule has 1 amide bonds. The van der Waals surface area contributed by atoms with E-state index in [0.717, 1.165) is 12.0 Å². The van der Waals surface area contributed by atoms with Gasteiger partial charge in [0.1, 0.15) is 5.84 Å². The molecule has 1 unspecified atom stereocenters. The SMILES string of the molecule is COC(=O)C1C(=N)N(C(=O)c2ccccc2)CC1=O. The van der Waals surface area contributed by atoms with Gasteiger partial charge in [-0.05, 0) is 12.1 Å². The normalized spacial score (nSPS) is 18.6. The third kappa shape index (κ3) is 2.24. The number of esters is 1. The number of carbonyl (C=O) groups excluding carboxylic acids is 3. The van der Waals surface area contributed by atoms with E-state index >= 15 is 0 Å². The van der Waals surface area contributed by atoms with Gasteiger partial charge in [-0.2, -0.15) is 0 Å². The van der Waals surface area contributed by atoms with E-state index in [-0.39, 0.29) is 12.4 Å². The summed E-state index contributed by atoms with van der Waals surface area (Å²) in [7, 11) is 1.14. The number of ketones is 1. The lowest BCUT2D eigenvalue weighted by Crippen LogP contribution is -2.35. The number of methoxy groups -OCH3 is 1. The molecule has 1 aliphatic heterocycles. The van der Waals surface area contributed by atoms with Crippen molar-refractivity contribution < 1.29 is 19.1 Å². The number of carbonyl (C=O) groups is 3. The summed E-state index contributed by atoms with van der Waals surface area (Å²) < 4.78 is 4.47. The van der Waals surface area contributed by atoms with E-state index in [4.69, 9.17) is 5.41 Å². The lowest BCUT2D eigenvalue weighted by molar-refractivity contribution is -0.145. The molecule has 0 bridgehead atoms. The molecule has 1 N–H and O–H groups in total. The first-order valence-electron chi connectivity index (χ1n) is 5.62. The second-order valence-electron chi connectivity index (χ2n) is 4.07. The number of likely N-dealkylation sites (tertiary alicyclic amines) is 1. The molecule has 1 fully saturated rings. The number of amidine groups is 1. The maximum absolute atomic E-state index is 12.1. The van der Waals surface area contributed by atoms with Gasteiger partial charge in [0.15, 0.2) is 11.7 Å². The van der Waals surface area contributed by atoms with Crippen molar-refractivity contribution in [2.24, 2.45) is 5.92 Å². The molecule has 1 aliphatic rings. The Hall–Kier alpha value is -2.50. The van der Waals surface area contributed by atoms with Gasteiger partial charge in [-0.15, -0.1) is 0 Å². The fraction of sp³-hybridized carbons (Fsp3) is 0.231. The fourth-order valence-corrected chi connectivity index (χ4v) is 1.92. The molecule has 0 aliphatic carbocycles. The van der Waals surface area contributed by atoms with Crippen molar-refractivity contribution in [1.29, 1.82) is 5.41 Å². The molecule has 0 saturated carbocycles. The van der Waals surface area contributed by atoms with Gasteiger partial charge >= 0.3 is 5.97 Å². The summed E-state index contributed by atoms with van der Waals surface area (Å²) in [6.45, 7) is -0.272. The Balaban J connectivity index is 2.24. The Kier molecular flexibility index (Phi) is 3.41. The summed E-state index contributed by atoms with van der Waals surface area (Å²) in [5, 5.41) is 7.79. The van der Waals surface area contributed by atoms with Gasteiger partial charge in [0, 0.05) is 5.56 Å². The van der Waals surface area contributed by atoms with Crippen molar-refractivity contribution in [3.05, 3.63) is 35.9 Å². The highest BCUT2D eigenvalue weighted by atomic mass is 16.5. The molecule has 1 aromatic rings. The van der Waals surface area contributed by atoms with Crippen LogP contribution in [0.4, 0.5) is 0 Å². The summed E-state index contributed by atoms with van der Waals surface area (Å²) in [6, 6.07) is 8.31. The average molecular weight is 260 g/mol. The molecule has 1 saturated heterocycles. The predicted molar refractivity (Wildman–Crippen MR) is 65.7 cm³/mol. The van der Waals surface area contributed by atoms with Crippen LogP contribution in [0.3, 0.4) is 0 Å². The van der Waals surface area contributed by atoms with Crippen LogP contribution in [-0.2, 0) is 14.3 Å². The Bertz CT molecular complexity index is 553. The number of Topliss-reactive ketones (excluding diaryl/α,β-unsaturated/α-hetero) is 1. The Morgan fingerprint density at radius 3 is 2.53 bits per heavy atom. The van der Waals surface area contributed by atoms with Crippen LogP contribution in [0.1, 0.15) is 10.4 Å². The van der Waals surface area contributed by atoms with Gasteiger partial charge < -0.3 is 4.74 Å². The molecule has 98 valence electrons. The molecular formula is C13H12N2O4. The average Bonchev–Trinajstić information content (AvgIpc) is 2.73. The lowest BCUT2D eigenvalue weighted by Gasteiger charge is -2.15. The standard InChI is InChI=1S/C13H12N2O4/c1-19-13(18)10-9(16)7-15(11(10)14)12(17)8-5-3-2-4-6-8/h2-6,10,14H,7H2,1H3. The first-order valence-corrected chi connectivity index (χ1v) is 5.62. The summed E-state index contributed by atoms with van der Waals surface area (Å²) in [4.78, 5) is 36.3. The second kappa shape index (κ2) is 5.01. The highest BCUT2D eigenvalue weighted by Gasteiger charge is 2.44. The van der Waals surface area contributed by atoms with E-state index in [1.165, 1.54) is 0 Å². The number of nitrogens with zero attached hydrogens (tertiary/aromatic N) is 1. The largest absolute Gasteiger partial charge is 0.468 e. The molecule has 0 spiro atoms. The molecular weight excluding hydrogens is 248 g/mol. The van der Waals surface area contributed by atoms with E-state index in [0.29, 0.717) is 5.56 Å². The number of hydrogen-bond donors (Lipinski definition) is 1. The summed E-state index contributed by atoms with van der Waals surface area (Å²) in [5.74, 6) is -3.40. The molecule has 6 heteroatoms. The summed E-state index contributed by atoms with van der Waals surface area (Å²) in [6.07, 6.45) is 0. The molecule has 6 nitrogen and oxygen atoms in total. The van der Waals surface area contributed by atoms with Gasteiger partial charge in [-0.25, -0.2) is 0 Å². The topological polar surface area (TPSA) is 87.5 Å². The van der Waals surface area contributed by atoms with Gasteiger partial charge in [0.2, 0.25) is 0 Å².